The minimum absolute atomic E-state index is 0.137. The molecule has 216 valence electrons. The lowest BCUT2D eigenvalue weighted by atomic mass is 10.1. The van der Waals surface area contributed by atoms with E-state index < -0.39 is 61.9 Å². The van der Waals surface area contributed by atoms with Gasteiger partial charge in [-0.15, -0.1) is 0 Å². The van der Waals surface area contributed by atoms with Gasteiger partial charge in [-0.25, -0.2) is 9.36 Å². The maximum atomic E-state index is 14.0. The van der Waals surface area contributed by atoms with Gasteiger partial charge in [0.05, 0.1) is 25.5 Å². The van der Waals surface area contributed by atoms with Crippen molar-refractivity contribution < 1.29 is 37.4 Å². The monoisotopic (exact) mass is 579 g/mol. The van der Waals surface area contributed by atoms with Gasteiger partial charge in [0.25, 0.3) is 5.56 Å². The summed E-state index contributed by atoms with van der Waals surface area (Å²) >= 11 is 0. The van der Waals surface area contributed by atoms with Crippen LogP contribution in [0.15, 0.2) is 58.3 Å². The molecule has 3 aromatic rings. The number of carbonyl (C=O) groups excluding carboxylic acids is 1. The molecule has 2 unspecified atom stereocenters. The van der Waals surface area contributed by atoms with E-state index in [-0.39, 0.29) is 18.8 Å². The summed E-state index contributed by atoms with van der Waals surface area (Å²) in [6.45, 7) is 3.12. The van der Waals surface area contributed by atoms with Gasteiger partial charge < -0.3 is 19.1 Å². The van der Waals surface area contributed by atoms with Crippen molar-refractivity contribution in [2.75, 3.05) is 13.2 Å². The predicted molar refractivity (Wildman–Crippen MR) is 142 cm³/mol. The lowest BCUT2D eigenvalue weighted by Crippen LogP contribution is -2.36. The summed E-state index contributed by atoms with van der Waals surface area (Å²) < 4.78 is 50.9. The van der Waals surface area contributed by atoms with Crippen molar-refractivity contribution in [2.45, 2.75) is 57.6 Å². The Balaban J connectivity index is 1.53. The van der Waals surface area contributed by atoms with Crippen LogP contribution in [-0.2, 0) is 23.4 Å². The molecule has 0 saturated carbocycles. The van der Waals surface area contributed by atoms with E-state index in [9.17, 15) is 28.4 Å². The van der Waals surface area contributed by atoms with Crippen LogP contribution >= 0.6 is 7.75 Å². The Morgan fingerprint density at radius 2 is 2.02 bits per heavy atom. The molecule has 0 spiro atoms. The number of ether oxygens (including phenoxy) is 2. The summed E-state index contributed by atoms with van der Waals surface area (Å²) in [5, 5.41) is 14.6. The highest BCUT2D eigenvalue weighted by molar-refractivity contribution is 7.52. The van der Waals surface area contributed by atoms with Crippen LogP contribution < -0.4 is 20.9 Å². The van der Waals surface area contributed by atoms with Gasteiger partial charge in [0.2, 0.25) is 5.82 Å². The highest BCUT2D eigenvalue weighted by atomic mass is 31.2. The first-order valence-corrected chi connectivity index (χ1v) is 14.4. The van der Waals surface area contributed by atoms with Crippen LogP contribution in [0.1, 0.15) is 39.3 Å². The van der Waals surface area contributed by atoms with Gasteiger partial charge in [0.15, 0.2) is 0 Å². The molecule has 1 aliphatic rings. The minimum Gasteiger partial charge on any atom is -0.465 e. The van der Waals surface area contributed by atoms with Crippen molar-refractivity contribution in [1.82, 2.24) is 14.6 Å². The van der Waals surface area contributed by atoms with Crippen LogP contribution in [0.3, 0.4) is 0 Å². The topological polar surface area (TPSA) is 158 Å². The maximum absolute atomic E-state index is 14.0. The molecule has 3 N–H and O–H groups in total. The van der Waals surface area contributed by atoms with Gasteiger partial charge in [-0.2, -0.15) is 9.48 Å². The van der Waals surface area contributed by atoms with E-state index >= 15 is 0 Å². The van der Waals surface area contributed by atoms with E-state index in [4.69, 9.17) is 18.5 Å². The molecular formula is C26H31FN3O9P. The minimum atomic E-state index is -4.31. The number of nitrogens with zero attached hydrogens (tertiary/aromatic N) is 1. The lowest BCUT2D eigenvalue weighted by Gasteiger charge is -2.25. The number of aliphatic hydroxyl groups excluding tert-OH is 1. The highest BCUT2D eigenvalue weighted by Crippen LogP contribution is 2.47. The van der Waals surface area contributed by atoms with Crippen LogP contribution in [0.2, 0.25) is 0 Å². The second kappa shape index (κ2) is 12.9. The van der Waals surface area contributed by atoms with Crippen molar-refractivity contribution in [2.24, 2.45) is 0 Å². The number of halogens is 1. The smallest absolute Gasteiger partial charge is 0.459 e. The number of unbranched alkanes of at least 4 members (excludes halogenated alkanes) is 1. The van der Waals surface area contributed by atoms with Crippen molar-refractivity contribution in [3.8, 4) is 5.75 Å². The molecule has 1 fully saturated rings. The number of carbonyl (C=O) groups is 1. The number of H-pyrrole nitrogens is 1. The zero-order chi connectivity index (χ0) is 28.9. The second-order valence-corrected chi connectivity index (χ2v) is 11.0. The van der Waals surface area contributed by atoms with Gasteiger partial charge in [-0.3, -0.25) is 23.7 Å². The van der Waals surface area contributed by atoms with Crippen molar-refractivity contribution in [3.63, 3.8) is 0 Å². The number of fused-ring (bicyclic) bond motifs is 1. The summed E-state index contributed by atoms with van der Waals surface area (Å²) in [5.41, 5.74) is -2.10. The third-order valence-electron chi connectivity index (χ3n) is 6.26. The predicted octanol–water partition coefficient (Wildman–Crippen LogP) is 3.00. The summed E-state index contributed by atoms with van der Waals surface area (Å²) in [7, 11) is -4.31. The number of aromatic amines is 1. The van der Waals surface area contributed by atoms with E-state index in [2.05, 4.69) is 5.09 Å². The normalized spacial score (nSPS) is 21.1. The van der Waals surface area contributed by atoms with E-state index in [1.54, 1.807) is 24.3 Å². The van der Waals surface area contributed by atoms with Gasteiger partial charge in [-0.05, 0) is 24.8 Å². The molecule has 0 radical (unpaired) electrons. The molecule has 1 aliphatic heterocycles. The number of aliphatic hydroxyl groups is 1. The summed E-state index contributed by atoms with van der Waals surface area (Å²) in [4.78, 5) is 37.8. The molecule has 12 nitrogen and oxygen atoms in total. The van der Waals surface area contributed by atoms with Gasteiger partial charge >= 0.3 is 19.4 Å². The van der Waals surface area contributed by atoms with Gasteiger partial charge in [-0.1, -0.05) is 49.7 Å². The molecule has 4 rings (SSSR count). The fourth-order valence-electron chi connectivity index (χ4n) is 4.11. The Morgan fingerprint density at radius 1 is 1.27 bits per heavy atom. The maximum Gasteiger partial charge on any atom is 0.459 e. The summed E-state index contributed by atoms with van der Waals surface area (Å²) in [6.07, 6.45) is -1.39. The first kappa shape index (κ1) is 29.6. The molecule has 40 heavy (non-hydrogen) atoms. The second-order valence-electron chi connectivity index (χ2n) is 9.31. The van der Waals surface area contributed by atoms with Crippen LogP contribution in [-0.4, -0.2) is 52.1 Å². The lowest BCUT2D eigenvalue weighted by molar-refractivity contribution is -0.145. The van der Waals surface area contributed by atoms with E-state index in [1.807, 2.05) is 30.1 Å². The Hall–Kier alpha value is -3.35. The molecule has 1 saturated heterocycles. The zero-order valence-electron chi connectivity index (χ0n) is 21.9. The van der Waals surface area contributed by atoms with Crippen LogP contribution in [0.5, 0.6) is 5.75 Å². The Kier molecular flexibility index (Phi) is 9.54. The van der Waals surface area contributed by atoms with E-state index in [0.717, 1.165) is 16.4 Å². The van der Waals surface area contributed by atoms with Crippen LogP contribution in [0.25, 0.3) is 10.8 Å². The Morgan fingerprint density at radius 3 is 2.80 bits per heavy atom. The molecular weight excluding hydrogens is 548 g/mol. The average Bonchev–Trinajstić information content (AvgIpc) is 3.30. The number of rotatable bonds is 12. The first-order chi connectivity index (χ1) is 19.1. The molecule has 0 aliphatic carbocycles. The standard InChI is InChI=1S/C26H31FN3O9P/c1-3-4-12-36-25(33)16(2)29-40(35,39-21-11-7-9-17-8-5-6-10-18(17)21)37-15-22-20(31)13-23(38-22)30-14-19(27)24(32)28-26(30)34/h5-11,14,16,20,22-23,31H,3-4,12-13,15H2,1-2H3,(H,29,35)(H,28,32,34)/t16-,20?,22+,23+,40?/m0/s1. The fraction of sp³-hybridized carbons (Fsp3) is 0.423. The van der Waals surface area contributed by atoms with Crippen molar-refractivity contribution in [1.29, 1.82) is 0 Å². The number of esters is 1. The number of nitrogens with one attached hydrogen (secondary N) is 2. The molecule has 1 aromatic heterocycles. The van der Waals surface area contributed by atoms with Gasteiger partial charge in [0, 0.05) is 11.8 Å². The largest absolute Gasteiger partial charge is 0.465 e. The number of hydrogen-bond acceptors (Lipinski definition) is 9. The zero-order valence-corrected chi connectivity index (χ0v) is 22.8. The van der Waals surface area contributed by atoms with Crippen molar-refractivity contribution in [3.05, 3.63) is 75.3 Å². The summed E-state index contributed by atoms with van der Waals surface area (Å²) in [6, 6.07) is 11.3. The number of aromatic nitrogens is 2. The van der Waals surface area contributed by atoms with E-state index in [0.29, 0.717) is 18.0 Å². The molecule has 2 heterocycles. The van der Waals surface area contributed by atoms with Crippen LogP contribution in [0.4, 0.5) is 4.39 Å². The SMILES string of the molecule is CCCCOC(=O)[C@H](C)NP(=O)(OC[C@H]1O[C@@H](n2cc(F)c(=O)[nH]c2=O)CC1O)Oc1cccc2ccccc12. The third-order valence-corrected chi connectivity index (χ3v) is 7.89. The molecule has 2 aromatic carbocycles. The van der Waals surface area contributed by atoms with Crippen LogP contribution in [0, 0.1) is 5.82 Å². The average molecular weight is 580 g/mol. The quantitative estimate of drug-likeness (QED) is 0.165. The molecule has 0 bridgehead atoms. The first-order valence-electron chi connectivity index (χ1n) is 12.8. The van der Waals surface area contributed by atoms with Gasteiger partial charge in [0.1, 0.15) is 24.1 Å². The summed E-state index contributed by atoms with van der Waals surface area (Å²) in [5.74, 6) is -1.63. The highest BCUT2D eigenvalue weighted by Gasteiger charge is 2.40. The molecule has 0 amide bonds. The number of benzene rings is 2. The van der Waals surface area contributed by atoms with E-state index in [1.165, 1.54) is 6.92 Å². The number of hydrogen-bond donors (Lipinski definition) is 3. The third kappa shape index (κ3) is 7.04. The molecule has 14 heteroatoms. The Labute approximate surface area is 228 Å². The Bertz CT molecular complexity index is 1510. The molecule has 5 atom stereocenters. The van der Waals surface area contributed by atoms with Crippen molar-refractivity contribution >= 4 is 24.5 Å². The fourth-order valence-corrected chi connectivity index (χ4v) is 5.63.